The summed E-state index contributed by atoms with van der Waals surface area (Å²) in [6, 6.07) is 0. The molecule has 0 aliphatic heterocycles. The van der Waals surface area contributed by atoms with E-state index in [1.807, 2.05) is 6.92 Å². The molecule has 0 aliphatic carbocycles. The van der Waals surface area contributed by atoms with Gasteiger partial charge >= 0.3 is 0 Å². The molecule has 58 valence electrons. The van der Waals surface area contributed by atoms with Gasteiger partial charge in [0.15, 0.2) is 0 Å². The molecule has 0 spiro atoms. The highest BCUT2D eigenvalue weighted by Gasteiger charge is 1.99. The van der Waals surface area contributed by atoms with Crippen LogP contribution >= 0.6 is 0 Å². The van der Waals surface area contributed by atoms with Crippen LogP contribution in [0.1, 0.15) is 33.6 Å². The Labute approximate surface area is 63.8 Å². The second-order valence-corrected chi connectivity index (χ2v) is 2.49. The van der Waals surface area contributed by atoms with E-state index >= 15 is 0 Å². The molecule has 0 saturated carbocycles. The third-order valence-corrected chi connectivity index (χ3v) is 1.03. The monoisotopic (exact) mass is 140 g/mol. The van der Waals surface area contributed by atoms with Crippen LogP contribution in [0.5, 0.6) is 0 Å². The van der Waals surface area contributed by atoms with Crippen LogP contribution < -0.4 is 0 Å². The maximum absolute atomic E-state index is 10.6. The van der Waals surface area contributed by atoms with Gasteiger partial charge in [-0.15, -0.1) is 12.8 Å². The van der Waals surface area contributed by atoms with E-state index in [4.69, 9.17) is 0 Å². The van der Waals surface area contributed by atoms with Gasteiger partial charge in [-0.05, 0) is 5.92 Å². The van der Waals surface area contributed by atoms with E-state index in [0.29, 0.717) is 18.1 Å². The molecule has 0 N–H and O–H groups in total. The second kappa shape index (κ2) is 8.23. The molecule has 0 unspecified atom stereocenters. The highest BCUT2D eigenvalue weighted by atomic mass is 16.1. The van der Waals surface area contributed by atoms with E-state index in [1.54, 1.807) is 0 Å². The summed E-state index contributed by atoms with van der Waals surface area (Å²) in [6.07, 6.45) is 9.44. The van der Waals surface area contributed by atoms with Gasteiger partial charge in [0, 0.05) is 12.8 Å². The molecular weight excluding hydrogens is 124 g/mol. The average Bonchev–Trinajstić information content (AvgIpc) is 1.91. The zero-order chi connectivity index (χ0) is 8.57. The zero-order valence-corrected chi connectivity index (χ0v) is 7.05. The molecule has 10 heavy (non-hydrogen) atoms. The van der Waals surface area contributed by atoms with Crippen molar-refractivity contribution in [2.75, 3.05) is 0 Å². The minimum Gasteiger partial charge on any atom is -0.300 e. The first-order chi connectivity index (χ1) is 4.66. The van der Waals surface area contributed by atoms with Gasteiger partial charge in [-0.25, -0.2) is 0 Å². The first-order valence-electron chi connectivity index (χ1n) is 3.51. The Hall–Kier alpha value is -0.770. The molecular formula is C9H16O. The molecule has 0 heterocycles. The van der Waals surface area contributed by atoms with Crippen molar-refractivity contribution in [1.82, 2.24) is 0 Å². The van der Waals surface area contributed by atoms with Crippen LogP contribution in [0.15, 0.2) is 0 Å². The van der Waals surface area contributed by atoms with Crippen molar-refractivity contribution in [2.24, 2.45) is 5.92 Å². The minimum absolute atomic E-state index is 0.375. The van der Waals surface area contributed by atoms with Gasteiger partial charge in [-0.1, -0.05) is 20.8 Å². The first kappa shape index (κ1) is 12.0. The Balaban J connectivity index is 0. The summed E-state index contributed by atoms with van der Waals surface area (Å²) in [7, 11) is 0. The van der Waals surface area contributed by atoms with Crippen LogP contribution in [0.4, 0.5) is 0 Å². The van der Waals surface area contributed by atoms with E-state index < -0.39 is 0 Å². The van der Waals surface area contributed by atoms with Gasteiger partial charge in [0.1, 0.15) is 5.78 Å². The number of hydrogen-bond donors (Lipinski definition) is 0. The number of terminal acetylenes is 1. The largest absolute Gasteiger partial charge is 0.300 e. The lowest BCUT2D eigenvalue weighted by Crippen LogP contribution is -1.99. The maximum Gasteiger partial charge on any atom is 0.132 e. The summed E-state index contributed by atoms with van der Waals surface area (Å²) >= 11 is 0. The molecule has 0 rings (SSSR count). The standard InChI is InChI=1S/C7H14O.C2H2/c1-4-7(8)5-6(2)3;1-2/h6H,4-5H2,1-3H3;1-2H. The summed E-state index contributed by atoms with van der Waals surface area (Å²) in [5, 5.41) is 0. The smallest absolute Gasteiger partial charge is 0.132 e. The second-order valence-electron chi connectivity index (χ2n) is 2.49. The summed E-state index contributed by atoms with van der Waals surface area (Å²) in [5.41, 5.74) is 0. The fourth-order valence-electron chi connectivity index (χ4n) is 0.600. The lowest BCUT2D eigenvalue weighted by Gasteiger charge is -1.98. The molecule has 0 aromatic carbocycles. The van der Waals surface area contributed by atoms with Gasteiger partial charge in [-0.3, -0.25) is 4.79 Å². The van der Waals surface area contributed by atoms with E-state index in [1.165, 1.54) is 0 Å². The van der Waals surface area contributed by atoms with E-state index in [2.05, 4.69) is 26.7 Å². The molecule has 0 saturated heterocycles. The van der Waals surface area contributed by atoms with Crippen LogP contribution in [-0.2, 0) is 4.79 Å². The van der Waals surface area contributed by atoms with Crippen LogP contribution in [-0.4, -0.2) is 5.78 Å². The quantitative estimate of drug-likeness (QED) is 0.549. The van der Waals surface area contributed by atoms with E-state index in [-0.39, 0.29) is 0 Å². The SMILES string of the molecule is C#C.CCC(=O)CC(C)C. The van der Waals surface area contributed by atoms with Crippen LogP contribution in [0.3, 0.4) is 0 Å². The summed E-state index contributed by atoms with van der Waals surface area (Å²) in [5.74, 6) is 0.905. The maximum atomic E-state index is 10.6. The third-order valence-electron chi connectivity index (χ3n) is 1.03. The fourth-order valence-corrected chi connectivity index (χ4v) is 0.600. The lowest BCUT2D eigenvalue weighted by atomic mass is 10.1. The molecule has 0 amide bonds. The molecule has 0 fully saturated rings. The van der Waals surface area contributed by atoms with Crippen molar-refractivity contribution in [3.8, 4) is 12.8 Å². The fraction of sp³-hybridized carbons (Fsp3) is 0.667. The third kappa shape index (κ3) is 10.3. The van der Waals surface area contributed by atoms with Gasteiger partial charge < -0.3 is 0 Å². The number of ketones is 1. The summed E-state index contributed by atoms with van der Waals surface area (Å²) in [6.45, 7) is 6.03. The van der Waals surface area contributed by atoms with Crippen molar-refractivity contribution in [1.29, 1.82) is 0 Å². The predicted octanol–water partition coefficient (Wildman–Crippen LogP) is 2.26. The van der Waals surface area contributed by atoms with Crippen molar-refractivity contribution >= 4 is 5.78 Å². The Kier molecular flexibility index (Phi) is 9.84. The molecule has 0 aromatic rings. The number of hydrogen-bond acceptors (Lipinski definition) is 1. The van der Waals surface area contributed by atoms with Crippen LogP contribution in [0.2, 0.25) is 0 Å². The molecule has 1 heteroatoms. The molecule has 0 bridgehead atoms. The Morgan fingerprint density at radius 2 is 1.80 bits per heavy atom. The van der Waals surface area contributed by atoms with Gasteiger partial charge in [0.2, 0.25) is 0 Å². The Morgan fingerprint density at radius 3 is 1.90 bits per heavy atom. The molecule has 0 aliphatic rings. The van der Waals surface area contributed by atoms with Crippen molar-refractivity contribution in [3.05, 3.63) is 0 Å². The molecule has 0 aromatic heterocycles. The topological polar surface area (TPSA) is 17.1 Å². The summed E-state index contributed by atoms with van der Waals surface area (Å²) < 4.78 is 0. The van der Waals surface area contributed by atoms with Gasteiger partial charge in [0.25, 0.3) is 0 Å². The number of carbonyl (C=O) groups excluding carboxylic acids is 1. The van der Waals surface area contributed by atoms with Crippen LogP contribution in [0, 0.1) is 18.8 Å². The normalized spacial score (nSPS) is 8.20. The van der Waals surface area contributed by atoms with Crippen LogP contribution in [0.25, 0.3) is 0 Å². The highest BCUT2D eigenvalue weighted by Crippen LogP contribution is 2.01. The Bertz CT molecular complexity index is 101. The predicted molar refractivity (Wildman–Crippen MR) is 44.6 cm³/mol. The van der Waals surface area contributed by atoms with Crippen molar-refractivity contribution in [3.63, 3.8) is 0 Å². The summed E-state index contributed by atoms with van der Waals surface area (Å²) in [4.78, 5) is 10.6. The highest BCUT2D eigenvalue weighted by molar-refractivity contribution is 5.78. The number of Topliss-reactive ketones (excluding diaryl/α,β-unsaturated/α-hetero) is 1. The van der Waals surface area contributed by atoms with E-state index in [0.717, 1.165) is 6.42 Å². The zero-order valence-electron chi connectivity index (χ0n) is 7.05. The molecule has 1 nitrogen and oxygen atoms in total. The van der Waals surface area contributed by atoms with E-state index in [9.17, 15) is 4.79 Å². The van der Waals surface area contributed by atoms with Gasteiger partial charge in [0.05, 0.1) is 0 Å². The lowest BCUT2D eigenvalue weighted by molar-refractivity contribution is -0.119. The first-order valence-corrected chi connectivity index (χ1v) is 3.51. The molecule has 0 atom stereocenters. The molecule has 0 radical (unpaired) electrons. The minimum atomic E-state index is 0.375. The van der Waals surface area contributed by atoms with Gasteiger partial charge in [-0.2, -0.15) is 0 Å². The van der Waals surface area contributed by atoms with Crippen molar-refractivity contribution < 1.29 is 4.79 Å². The Morgan fingerprint density at radius 1 is 1.40 bits per heavy atom. The van der Waals surface area contributed by atoms with Crippen molar-refractivity contribution in [2.45, 2.75) is 33.6 Å². The number of carbonyl (C=O) groups is 1. The average molecular weight is 140 g/mol. The number of rotatable bonds is 3.